The molecule has 0 bridgehead atoms. The molecule has 0 spiro atoms. The lowest BCUT2D eigenvalue weighted by Gasteiger charge is -2.35. The van der Waals surface area contributed by atoms with Crippen LogP contribution in [0.15, 0.2) is 24.3 Å². The van der Waals surface area contributed by atoms with Crippen molar-refractivity contribution in [3.63, 3.8) is 0 Å². The number of carbonyl (C=O) groups is 1. The van der Waals surface area contributed by atoms with Gasteiger partial charge in [0.2, 0.25) is 0 Å². The second-order valence-corrected chi connectivity index (χ2v) is 6.79. The molecule has 3 N–H and O–H groups in total. The Balaban J connectivity index is 2.14. The Bertz CT molecular complexity index is 472. The lowest BCUT2D eigenvalue weighted by molar-refractivity contribution is -0.138. The largest absolute Gasteiger partial charge is 0.480 e. The van der Waals surface area contributed by atoms with E-state index in [0.29, 0.717) is 17.8 Å². The molecule has 0 aliphatic heterocycles. The molecule has 0 aromatic heterocycles. The molecule has 1 fully saturated rings. The molecule has 1 aliphatic carbocycles. The molecular weight excluding hydrogens is 250 g/mol. The van der Waals surface area contributed by atoms with Crippen LogP contribution in [0.4, 0.5) is 0 Å². The van der Waals surface area contributed by atoms with Gasteiger partial charge in [0.15, 0.2) is 0 Å². The number of carboxylic acids is 1. The zero-order chi connectivity index (χ0) is 14.8. The van der Waals surface area contributed by atoms with E-state index in [4.69, 9.17) is 10.8 Å². The van der Waals surface area contributed by atoms with Crippen LogP contribution in [0.2, 0.25) is 0 Å². The monoisotopic (exact) mass is 275 g/mol. The first kappa shape index (κ1) is 15.0. The zero-order valence-corrected chi connectivity index (χ0v) is 12.4. The summed E-state index contributed by atoms with van der Waals surface area (Å²) < 4.78 is 0. The molecule has 20 heavy (non-hydrogen) atoms. The van der Waals surface area contributed by atoms with Gasteiger partial charge in [-0.1, -0.05) is 38.1 Å². The number of rotatable bonds is 4. The van der Waals surface area contributed by atoms with Crippen LogP contribution >= 0.6 is 0 Å². The second kappa shape index (κ2) is 5.96. The van der Waals surface area contributed by atoms with E-state index in [0.717, 1.165) is 5.56 Å². The van der Waals surface area contributed by atoms with E-state index >= 15 is 0 Å². The first-order valence-electron chi connectivity index (χ1n) is 7.45. The van der Waals surface area contributed by atoms with Gasteiger partial charge >= 0.3 is 5.97 Å². The Kier molecular flexibility index (Phi) is 4.48. The van der Waals surface area contributed by atoms with Gasteiger partial charge < -0.3 is 10.8 Å². The Morgan fingerprint density at radius 2 is 1.95 bits per heavy atom. The van der Waals surface area contributed by atoms with E-state index in [1.807, 2.05) is 18.2 Å². The standard InChI is InChI=1S/C17H25NO2/c1-17(2)9-7-12(8-10-17)14-6-4-3-5-13(14)11-15(18)16(19)20/h3-6,12,15H,7-11,18H2,1-2H3,(H,19,20). The molecule has 2 rings (SSSR count). The van der Waals surface area contributed by atoms with Gasteiger partial charge in [0.25, 0.3) is 0 Å². The van der Waals surface area contributed by atoms with E-state index in [2.05, 4.69) is 19.9 Å². The molecule has 0 radical (unpaired) electrons. The number of hydrogen-bond donors (Lipinski definition) is 2. The van der Waals surface area contributed by atoms with Gasteiger partial charge in [-0.15, -0.1) is 0 Å². The third-order valence-corrected chi connectivity index (χ3v) is 4.59. The maximum Gasteiger partial charge on any atom is 0.320 e. The molecule has 3 nitrogen and oxygen atoms in total. The van der Waals surface area contributed by atoms with Crippen molar-refractivity contribution in [2.75, 3.05) is 0 Å². The molecule has 0 saturated heterocycles. The van der Waals surface area contributed by atoms with Crippen molar-refractivity contribution < 1.29 is 9.90 Å². The predicted molar refractivity (Wildman–Crippen MR) is 80.7 cm³/mol. The first-order chi connectivity index (χ1) is 9.39. The minimum Gasteiger partial charge on any atom is -0.480 e. The summed E-state index contributed by atoms with van der Waals surface area (Å²) in [4.78, 5) is 11.0. The third-order valence-electron chi connectivity index (χ3n) is 4.59. The molecule has 1 atom stereocenters. The average Bonchev–Trinajstić information content (AvgIpc) is 2.39. The van der Waals surface area contributed by atoms with Crippen molar-refractivity contribution in [1.29, 1.82) is 0 Å². The van der Waals surface area contributed by atoms with Crippen molar-refractivity contribution in [3.8, 4) is 0 Å². The van der Waals surface area contributed by atoms with Gasteiger partial charge in [0.05, 0.1) is 0 Å². The lowest BCUT2D eigenvalue weighted by atomic mass is 9.70. The molecule has 1 aliphatic rings. The van der Waals surface area contributed by atoms with Gasteiger partial charge in [0, 0.05) is 0 Å². The maximum absolute atomic E-state index is 11.0. The summed E-state index contributed by atoms with van der Waals surface area (Å²) in [6, 6.07) is 7.38. The van der Waals surface area contributed by atoms with Crippen molar-refractivity contribution in [2.45, 2.75) is 57.9 Å². The van der Waals surface area contributed by atoms with Crippen LogP contribution in [-0.4, -0.2) is 17.1 Å². The first-order valence-corrected chi connectivity index (χ1v) is 7.45. The minimum atomic E-state index is -0.926. The van der Waals surface area contributed by atoms with Crippen molar-refractivity contribution in [2.24, 2.45) is 11.1 Å². The second-order valence-electron chi connectivity index (χ2n) is 6.79. The van der Waals surface area contributed by atoms with Crippen molar-refractivity contribution >= 4 is 5.97 Å². The number of nitrogens with two attached hydrogens (primary N) is 1. The van der Waals surface area contributed by atoms with E-state index in [1.165, 1.54) is 31.2 Å². The molecule has 1 saturated carbocycles. The zero-order valence-electron chi connectivity index (χ0n) is 12.4. The molecular formula is C17H25NO2. The summed E-state index contributed by atoms with van der Waals surface area (Å²) in [5, 5.41) is 8.99. The fraction of sp³-hybridized carbons (Fsp3) is 0.588. The molecule has 0 heterocycles. The number of hydrogen-bond acceptors (Lipinski definition) is 2. The quantitative estimate of drug-likeness (QED) is 0.886. The third kappa shape index (κ3) is 3.60. The number of benzene rings is 1. The van der Waals surface area contributed by atoms with E-state index in [1.54, 1.807) is 0 Å². The number of carboxylic acid groups (broad SMARTS) is 1. The number of aliphatic carboxylic acids is 1. The van der Waals surface area contributed by atoms with E-state index in [9.17, 15) is 4.79 Å². The van der Waals surface area contributed by atoms with Crippen LogP contribution in [0, 0.1) is 5.41 Å². The van der Waals surface area contributed by atoms with E-state index in [-0.39, 0.29) is 0 Å². The van der Waals surface area contributed by atoms with Crippen LogP contribution in [0.5, 0.6) is 0 Å². The van der Waals surface area contributed by atoms with Crippen LogP contribution < -0.4 is 5.73 Å². The van der Waals surface area contributed by atoms with Crippen LogP contribution in [0.25, 0.3) is 0 Å². The van der Waals surface area contributed by atoms with Gasteiger partial charge in [-0.25, -0.2) is 0 Å². The predicted octanol–water partition coefficient (Wildman–Crippen LogP) is 3.32. The van der Waals surface area contributed by atoms with E-state index < -0.39 is 12.0 Å². The summed E-state index contributed by atoms with van der Waals surface area (Å²) in [6.07, 6.45) is 5.26. The fourth-order valence-corrected chi connectivity index (χ4v) is 3.15. The van der Waals surface area contributed by atoms with Crippen molar-refractivity contribution in [3.05, 3.63) is 35.4 Å². The highest BCUT2D eigenvalue weighted by molar-refractivity contribution is 5.73. The highest BCUT2D eigenvalue weighted by Crippen LogP contribution is 2.43. The summed E-state index contributed by atoms with van der Waals surface area (Å²) in [7, 11) is 0. The minimum absolute atomic E-state index is 0.422. The van der Waals surface area contributed by atoms with Crippen molar-refractivity contribution in [1.82, 2.24) is 0 Å². The molecule has 1 aromatic carbocycles. The van der Waals surface area contributed by atoms with Gasteiger partial charge in [-0.3, -0.25) is 4.79 Å². The fourth-order valence-electron chi connectivity index (χ4n) is 3.15. The van der Waals surface area contributed by atoms with Crippen LogP contribution in [-0.2, 0) is 11.2 Å². The molecule has 1 aromatic rings. The summed E-state index contributed by atoms with van der Waals surface area (Å²) in [5.41, 5.74) is 8.55. The topological polar surface area (TPSA) is 63.3 Å². The van der Waals surface area contributed by atoms with Gasteiger partial charge in [0.1, 0.15) is 6.04 Å². The smallest absolute Gasteiger partial charge is 0.320 e. The van der Waals surface area contributed by atoms with Gasteiger partial charge in [-0.2, -0.15) is 0 Å². The SMILES string of the molecule is CC1(C)CCC(c2ccccc2CC(N)C(=O)O)CC1. The Morgan fingerprint density at radius 3 is 2.55 bits per heavy atom. The molecule has 0 amide bonds. The van der Waals surface area contributed by atoms with Crippen LogP contribution in [0.3, 0.4) is 0 Å². The summed E-state index contributed by atoms with van der Waals surface area (Å²) in [5.74, 6) is -0.371. The summed E-state index contributed by atoms with van der Waals surface area (Å²) >= 11 is 0. The Labute approximate surface area is 121 Å². The average molecular weight is 275 g/mol. The molecule has 1 unspecified atom stereocenters. The van der Waals surface area contributed by atoms with Gasteiger partial charge in [-0.05, 0) is 54.6 Å². The highest BCUT2D eigenvalue weighted by Gasteiger charge is 2.28. The lowest BCUT2D eigenvalue weighted by Crippen LogP contribution is -2.32. The highest BCUT2D eigenvalue weighted by atomic mass is 16.4. The maximum atomic E-state index is 11.0. The Hall–Kier alpha value is -1.35. The summed E-state index contributed by atoms with van der Waals surface area (Å²) in [6.45, 7) is 4.66. The molecule has 110 valence electrons. The molecule has 3 heteroatoms. The normalized spacial score (nSPS) is 20.6. The Morgan fingerprint density at radius 1 is 1.35 bits per heavy atom. The van der Waals surface area contributed by atoms with Crippen LogP contribution in [0.1, 0.15) is 56.6 Å².